The van der Waals surface area contributed by atoms with Gasteiger partial charge in [-0.15, -0.1) is 0 Å². The van der Waals surface area contributed by atoms with Crippen molar-refractivity contribution in [2.24, 2.45) is 0 Å². The summed E-state index contributed by atoms with van der Waals surface area (Å²) in [4.78, 5) is 15.5. The molecule has 0 amide bonds. The molecule has 0 aliphatic heterocycles. The number of fused-ring (bicyclic) bond motifs is 1. The third-order valence-corrected chi connectivity index (χ3v) is 4.27. The first-order chi connectivity index (χ1) is 11.1. The summed E-state index contributed by atoms with van der Waals surface area (Å²) >= 11 is 6.09. The molecule has 1 aliphatic rings. The Kier molecular flexibility index (Phi) is 4.35. The van der Waals surface area contributed by atoms with Gasteiger partial charge in [0.2, 0.25) is 0 Å². The third-order valence-electron chi connectivity index (χ3n) is 3.95. The molecule has 0 radical (unpaired) electrons. The molecular formula is C18H16ClNO3. The van der Waals surface area contributed by atoms with Crippen LogP contribution >= 0.6 is 11.6 Å². The molecule has 1 aliphatic carbocycles. The fraction of sp³-hybridized carbons (Fsp3) is 0.222. The summed E-state index contributed by atoms with van der Waals surface area (Å²) in [6.07, 6.45) is 2.44. The number of nitrogens with zero attached hydrogens (tertiary/aromatic N) is 1. The number of hydrogen-bond donors (Lipinski definition) is 1. The summed E-state index contributed by atoms with van der Waals surface area (Å²) in [6, 6.07) is 9.59. The van der Waals surface area contributed by atoms with Crippen molar-refractivity contribution in [1.29, 1.82) is 0 Å². The zero-order chi connectivity index (χ0) is 16.4. The minimum Gasteiger partial charge on any atom is -0.493 e. The highest BCUT2D eigenvalue weighted by atomic mass is 35.5. The standard InChI is InChI=1S/C18H16ClNO3/c1-11-2-4-12(5-3-11)23-9-7-14-13-6-8-20-17(19)15(13)10-16(14)18(21)22/h2-6,8H,7,9-10H2,1H3,(H,21,22). The molecule has 0 unspecified atom stereocenters. The number of hydrogen-bond acceptors (Lipinski definition) is 3. The monoisotopic (exact) mass is 329 g/mol. The number of halogens is 1. The molecule has 4 nitrogen and oxygen atoms in total. The van der Waals surface area contributed by atoms with Crippen molar-refractivity contribution in [3.8, 4) is 5.75 Å². The fourth-order valence-electron chi connectivity index (χ4n) is 2.76. The molecule has 118 valence electrons. The summed E-state index contributed by atoms with van der Waals surface area (Å²) < 4.78 is 5.72. The Bertz CT molecular complexity index is 781. The Morgan fingerprint density at radius 1 is 1.30 bits per heavy atom. The van der Waals surface area contributed by atoms with Gasteiger partial charge in [-0.05, 0) is 36.3 Å². The number of aliphatic carboxylic acids is 1. The van der Waals surface area contributed by atoms with E-state index in [9.17, 15) is 9.90 Å². The average molecular weight is 330 g/mol. The second-order valence-electron chi connectivity index (χ2n) is 5.48. The predicted octanol–water partition coefficient (Wildman–Crippen LogP) is 3.91. The minimum atomic E-state index is -0.914. The summed E-state index contributed by atoms with van der Waals surface area (Å²) in [5.41, 5.74) is 3.98. The van der Waals surface area contributed by atoms with Gasteiger partial charge in [0, 0.05) is 30.2 Å². The molecule has 0 atom stereocenters. The molecule has 1 N–H and O–H groups in total. The highest BCUT2D eigenvalue weighted by Crippen LogP contribution is 2.37. The van der Waals surface area contributed by atoms with E-state index in [1.165, 1.54) is 5.56 Å². The van der Waals surface area contributed by atoms with Crippen LogP contribution in [0.25, 0.3) is 5.57 Å². The van der Waals surface area contributed by atoms with E-state index in [0.29, 0.717) is 30.2 Å². The van der Waals surface area contributed by atoms with Crippen molar-refractivity contribution >= 4 is 23.1 Å². The van der Waals surface area contributed by atoms with Crippen LogP contribution in [0.1, 0.15) is 23.1 Å². The Morgan fingerprint density at radius 3 is 2.74 bits per heavy atom. The lowest BCUT2D eigenvalue weighted by Crippen LogP contribution is -2.04. The van der Waals surface area contributed by atoms with E-state index < -0.39 is 5.97 Å². The number of pyridine rings is 1. The molecule has 0 spiro atoms. The largest absolute Gasteiger partial charge is 0.493 e. The highest BCUT2D eigenvalue weighted by molar-refractivity contribution is 6.30. The normalized spacial score (nSPS) is 13.1. The van der Waals surface area contributed by atoms with Crippen molar-refractivity contribution in [2.45, 2.75) is 19.8 Å². The lowest BCUT2D eigenvalue weighted by atomic mass is 10.0. The number of benzene rings is 1. The van der Waals surface area contributed by atoms with Crippen LogP contribution in [0, 0.1) is 6.92 Å². The van der Waals surface area contributed by atoms with Crippen LogP contribution in [-0.4, -0.2) is 22.7 Å². The van der Waals surface area contributed by atoms with E-state index >= 15 is 0 Å². The molecular weight excluding hydrogens is 314 g/mol. The minimum absolute atomic E-state index is 0.317. The molecule has 5 heteroatoms. The van der Waals surface area contributed by atoms with Gasteiger partial charge in [-0.2, -0.15) is 0 Å². The molecule has 1 heterocycles. The van der Waals surface area contributed by atoms with Gasteiger partial charge in [0.15, 0.2) is 0 Å². The molecule has 3 rings (SSSR count). The van der Waals surface area contributed by atoms with Crippen molar-refractivity contribution in [3.63, 3.8) is 0 Å². The number of carboxylic acid groups (broad SMARTS) is 1. The molecule has 0 saturated carbocycles. The van der Waals surface area contributed by atoms with Gasteiger partial charge in [0.25, 0.3) is 0 Å². The van der Waals surface area contributed by atoms with Crippen molar-refractivity contribution in [1.82, 2.24) is 4.98 Å². The number of aromatic nitrogens is 1. The molecule has 2 aromatic rings. The Hall–Kier alpha value is -2.33. The maximum Gasteiger partial charge on any atom is 0.332 e. The van der Waals surface area contributed by atoms with Crippen LogP contribution in [0.15, 0.2) is 42.1 Å². The van der Waals surface area contributed by atoms with Crippen LogP contribution < -0.4 is 4.74 Å². The van der Waals surface area contributed by atoms with Gasteiger partial charge in [0.1, 0.15) is 10.9 Å². The summed E-state index contributed by atoms with van der Waals surface area (Å²) in [7, 11) is 0. The van der Waals surface area contributed by atoms with Gasteiger partial charge in [0.05, 0.1) is 6.61 Å². The maximum absolute atomic E-state index is 11.5. The van der Waals surface area contributed by atoms with E-state index in [1.807, 2.05) is 37.3 Å². The Labute approximate surface area is 139 Å². The Balaban J connectivity index is 1.77. The van der Waals surface area contributed by atoms with Crippen molar-refractivity contribution in [2.75, 3.05) is 6.61 Å². The summed E-state index contributed by atoms with van der Waals surface area (Å²) in [6.45, 7) is 2.43. The van der Waals surface area contributed by atoms with E-state index in [2.05, 4.69) is 4.98 Å². The number of rotatable bonds is 5. The number of carbonyl (C=O) groups is 1. The van der Waals surface area contributed by atoms with E-state index in [0.717, 1.165) is 22.4 Å². The maximum atomic E-state index is 11.5. The number of aryl methyl sites for hydroxylation is 1. The first kappa shape index (κ1) is 15.6. The quantitative estimate of drug-likeness (QED) is 0.845. The van der Waals surface area contributed by atoms with E-state index in [1.54, 1.807) is 6.20 Å². The topological polar surface area (TPSA) is 59.4 Å². The van der Waals surface area contributed by atoms with Crippen molar-refractivity contribution in [3.05, 3.63) is 63.9 Å². The van der Waals surface area contributed by atoms with Gasteiger partial charge in [-0.25, -0.2) is 9.78 Å². The van der Waals surface area contributed by atoms with Crippen LogP contribution in [0.3, 0.4) is 0 Å². The number of carboxylic acids is 1. The predicted molar refractivity (Wildman–Crippen MR) is 88.8 cm³/mol. The van der Waals surface area contributed by atoms with Gasteiger partial charge in [-0.1, -0.05) is 29.3 Å². The zero-order valence-electron chi connectivity index (χ0n) is 12.7. The third kappa shape index (κ3) is 3.22. The van der Waals surface area contributed by atoms with Crippen molar-refractivity contribution < 1.29 is 14.6 Å². The molecule has 1 aromatic carbocycles. The van der Waals surface area contributed by atoms with Crippen LogP contribution in [0.5, 0.6) is 5.75 Å². The van der Waals surface area contributed by atoms with Crippen LogP contribution in [0.4, 0.5) is 0 Å². The molecule has 23 heavy (non-hydrogen) atoms. The average Bonchev–Trinajstić information content (AvgIpc) is 2.90. The first-order valence-electron chi connectivity index (χ1n) is 7.35. The Morgan fingerprint density at radius 2 is 2.04 bits per heavy atom. The lowest BCUT2D eigenvalue weighted by molar-refractivity contribution is -0.132. The van der Waals surface area contributed by atoms with E-state index in [-0.39, 0.29) is 0 Å². The van der Waals surface area contributed by atoms with Crippen LogP contribution in [0.2, 0.25) is 5.15 Å². The smallest absolute Gasteiger partial charge is 0.332 e. The number of ether oxygens (including phenoxy) is 1. The van der Waals surface area contributed by atoms with Crippen LogP contribution in [-0.2, 0) is 11.2 Å². The first-order valence-corrected chi connectivity index (χ1v) is 7.72. The molecule has 0 fully saturated rings. The van der Waals surface area contributed by atoms with Gasteiger partial charge in [-0.3, -0.25) is 0 Å². The molecule has 0 bridgehead atoms. The highest BCUT2D eigenvalue weighted by Gasteiger charge is 2.27. The van der Waals surface area contributed by atoms with Gasteiger partial charge < -0.3 is 9.84 Å². The molecule has 0 saturated heterocycles. The second kappa shape index (κ2) is 6.42. The molecule has 1 aromatic heterocycles. The SMILES string of the molecule is Cc1ccc(OCCC2=C(C(=O)O)Cc3c2ccnc3Cl)cc1. The van der Waals surface area contributed by atoms with Gasteiger partial charge >= 0.3 is 5.97 Å². The fourth-order valence-corrected chi connectivity index (χ4v) is 2.98. The lowest BCUT2D eigenvalue weighted by Gasteiger charge is -2.09. The summed E-state index contributed by atoms with van der Waals surface area (Å²) in [5, 5.41) is 9.80. The second-order valence-corrected chi connectivity index (χ2v) is 5.84. The summed E-state index contributed by atoms with van der Waals surface area (Å²) in [5.74, 6) is -0.137. The zero-order valence-corrected chi connectivity index (χ0v) is 13.4. The van der Waals surface area contributed by atoms with E-state index in [4.69, 9.17) is 16.3 Å².